The maximum atomic E-state index is 10.9. The van der Waals surface area contributed by atoms with Crippen LogP contribution in [0, 0.1) is 0 Å². The van der Waals surface area contributed by atoms with Crippen LogP contribution in [0.25, 0.3) is 12.2 Å². The molecule has 2 nitrogen and oxygen atoms in total. The van der Waals surface area contributed by atoms with Gasteiger partial charge in [-0.1, -0.05) is 48.6 Å². The van der Waals surface area contributed by atoms with Gasteiger partial charge in [-0.25, -0.2) is 0 Å². The van der Waals surface area contributed by atoms with E-state index in [9.17, 15) is 9.90 Å². The normalized spacial score (nSPS) is 11.8. The Labute approximate surface area is 134 Å². The smallest absolute Gasteiger partial charge is 0.545 e. The van der Waals surface area contributed by atoms with Crippen LogP contribution in [0.3, 0.4) is 0 Å². The van der Waals surface area contributed by atoms with E-state index in [1.807, 2.05) is 30.4 Å². The largest absolute Gasteiger partial charge is 1.00 e. The molecule has 0 bridgehead atoms. The summed E-state index contributed by atoms with van der Waals surface area (Å²) in [6, 6.07) is 13.3. The second-order valence-corrected chi connectivity index (χ2v) is 4.41. The molecule has 0 heterocycles. The molecule has 0 radical (unpaired) electrons. The van der Waals surface area contributed by atoms with Gasteiger partial charge in [-0.2, -0.15) is 0 Å². The van der Waals surface area contributed by atoms with Crippen LogP contribution in [0.2, 0.25) is 0 Å². The van der Waals surface area contributed by atoms with Gasteiger partial charge >= 0.3 is 29.6 Å². The molecule has 0 saturated carbocycles. The molecule has 3 rings (SSSR count). The fraction of sp³-hybridized carbons (Fsp3) is 0.0625. The minimum atomic E-state index is -1.13. The molecule has 3 heteroatoms. The molecule has 2 aromatic rings. The van der Waals surface area contributed by atoms with Crippen molar-refractivity contribution in [1.82, 2.24) is 0 Å². The fourth-order valence-electron chi connectivity index (χ4n) is 2.28. The predicted molar refractivity (Wildman–Crippen MR) is 68.9 cm³/mol. The summed E-state index contributed by atoms with van der Waals surface area (Å²) in [7, 11) is 0. The molecule has 0 aromatic heterocycles. The number of hydrogen-bond acceptors (Lipinski definition) is 2. The molecule has 0 spiro atoms. The Morgan fingerprint density at radius 1 is 0.947 bits per heavy atom. The molecule has 0 atom stereocenters. The molecule has 0 unspecified atom stereocenters. The van der Waals surface area contributed by atoms with Crippen molar-refractivity contribution in [3.8, 4) is 0 Å². The maximum Gasteiger partial charge on any atom is 1.00 e. The number of rotatable bonds is 1. The number of aromatic carboxylic acids is 1. The van der Waals surface area contributed by atoms with Gasteiger partial charge in [0.05, 0.1) is 5.97 Å². The van der Waals surface area contributed by atoms with Crippen molar-refractivity contribution in [3.63, 3.8) is 0 Å². The maximum absolute atomic E-state index is 10.9. The summed E-state index contributed by atoms with van der Waals surface area (Å²) in [6.45, 7) is 0. The molecule has 0 N–H and O–H groups in total. The summed E-state index contributed by atoms with van der Waals surface area (Å²) in [4.78, 5) is 10.9. The van der Waals surface area contributed by atoms with Gasteiger partial charge in [0.15, 0.2) is 0 Å². The summed E-state index contributed by atoms with van der Waals surface area (Å²) in [5, 5.41) is 10.9. The van der Waals surface area contributed by atoms with Gasteiger partial charge in [0.2, 0.25) is 0 Å². The van der Waals surface area contributed by atoms with E-state index in [4.69, 9.17) is 0 Å². The Morgan fingerprint density at radius 2 is 1.63 bits per heavy atom. The predicted octanol–water partition coefficient (Wildman–Crippen LogP) is -0.871. The van der Waals surface area contributed by atoms with Gasteiger partial charge in [-0.15, -0.1) is 0 Å². The van der Waals surface area contributed by atoms with Crippen LogP contribution < -0.4 is 34.7 Å². The zero-order valence-corrected chi connectivity index (χ0v) is 12.7. The molecule has 0 fully saturated rings. The number of carboxylic acid groups (broad SMARTS) is 1. The first kappa shape index (κ1) is 14.1. The molecule has 1 aliphatic rings. The molecule has 1 aliphatic carbocycles. The number of hydrogen-bond donors (Lipinski definition) is 0. The Morgan fingerprint density at radius 3 is 2.42 bits per heavy atom. The van der Waals surface area contributed by atoms with Crippen molar-refractivity contribution in [2.24, 2.45) is 0 Å². The van der Waals surface area contributed by atoms with Gasteiger partial charge in [0.25, 0.3) is 0 Å². The Hall–Kier alpha value is -1.35. The number of fused-ring (bicyclic) bond motifs is 2. The van der Waals surface area contributed by atoms with Crippen molar-refractivity contribution in [1.29, 1.82) is 0 Å². The number of benzene rings is 2. The summed E-state index contributed by atoms with van der Waals surface area (Å²) < 4.78 is 0. The van der Waals surface area contributed by atoms with Gasteiger partial charge in [-0.3, -0.25) is 0 Å². The Balaban J connectivity index is 0.00000133. The molecular formula is C16H11NaO2. The van der Waals surface area contributed by atoms with Gasteiger partial charge < -0.3 is 9.90 Å². The Kier molecular flexibility index (Phi) is 4.25. The third-order valence-corrected chi connectivity index (χ3v) is 3.26. The summed E-state index contributed by atoms with van der Waals surface area (Å²) in [5.74, 6) is -1.13. The van der Waals surface area contributed by atoms with Crippen molar-refractivity contribution in [3.05, 3.63) is 70.3 Å². The van der Waals surface area contributed by atoms with E-state index < -0.39 is 5.97 Å². The third kappa shape index (κ3) is 2.81. The number of carbonyl (C=O) groups excluding carboxylic acids is 1. The van der Waals surface area contributed by atoms with Crippen molar-refractivity contribution >= 4 is 18.1 Å². The number of carbonyl (C=O) groups is 1. The standard InChI is InChI=1S/C16H12O2.Na/c17-16(18)15-8-7-13-9-12-4-2-1-3-11(12)5-6-14(13)10-15;/h1-8,10H,9H2,(H,17,18);/q;+1/p-1. The van der Waals surface area contributed by atoms with Crippen LogP contribution in [0.5, 0.6) is 0 Å². The van der Waals surface area contributed by atoms with Gasteiger partial charge in [-0.05, 0) is 40.3 Å². The van der Waals surface area contributed by atoms with Crippen molar-refractivity contribution < 1.29 is 39.5 Å². The molecule has 0 aliphatic heterocycles. The average molecular weight is 258 g/mol. The van der Waals surface area contributed by atoms with Gasteiger partial charge in [0, 0.05) is 0 Å². The van der Waals surface area contributed by atoms with Crippen LogP contribution in [-0.2, 0) is 6.42 Å². The van der Waals surface area contributed by atoms with E-state index in [1.54, 1.807) is 12.1 Å². The van der Waals surface area contributed by atoms with E-state index in [-0.39, 0.29) is 35.1 Å². The van der Waals surface area contributed by atoms with Crippen LogP contribution >= 0.6 is 0 Å². The van der Waals surface area contributed by atoms with Crippen molar-refractivity contribution in [2.45, 2.75) is 6.42 Å². The van der Waals surface area contributed by atoms with Crippen molar-refractivity contribution in [2.75, 3.05) is 0 Å². The van der Waals surface area contributed by atoms with E-state index >= 15 is 0 Å². The van der Waals surface area contributed by atoms with Crippen LogP contribution in [0.4, 0.5) is 0 Å². The van der Waals surface area contributed by atoms with E-state index in [2.05, 4.69) is 12.1 Å². The number of carboxylic acids is 1. The van der Waals surface area contributed by atoms with E-state index in [1.165, 1.54) is 11.1 Å². The van der Waals surface area contributed by atoms with Crippen LogP contribution in [0.15, 0.2) is 42.5 Å². The summed E-state index contributed by atoms with van der Waals surface area (Å²) >= 11 is 0. The van der Waals surface area contributed by atoms with Crippen LogP contribution in [0.1, 0.15) is 32.6 Å². The minimum absolute atomic E-state index is 0. The zero-order valence-electron chi connectivity index (χ0n) is 10.7. The first-order chi connectivity index (χ1) is 8.74. The molecule has 0 saturated heterocycles. The molecule has 88 valence electrons. The van der Waals surface area contributed by atoms with E-state index in [0.29, 0.717) is 0 Å². The minimum Gasteiger partial charge on any atom is -0.545 e. The molecule has 0 amide bonds. The summed E-state index contributed by atoms with van der Waals surface area (Å²) in [6.07, 6.45) is 4.82. The van der Waals surface area contributed by atoms with E-state index in [0.717, 1.165) is 17.5 Å². The molecular weight excluding hydrogens is 247 g/mol. The zero-order chi connectivity index (χ0) is 12.5. The Bertz CT molecular complexity index is 660. The van der Waals surface area contributed by atoms with Crippen LogP contribution in [-0.4, -0.2) is 5.97 Å². The topological polar surface area (TPSA) is 40.1 Å². The third-order valence-electron chi connectivity index (χ3n) is 3.26. The fourth-order valence-corrected chi connectivity index (χ4v) is 2.28. The molecule has 19 heavy (non-hydrogen) atoms. The SMILES string of the molecule is O=C([O-])c1ccc2c(c1)C=Cc1ccccc1C2.[Na+]. The molecule has 2 aromatic carbocycles. The first-order valence-electron chi connectivity index (χ1n) is 5.84. The van der Waals surface area contributed by atoms with Gasteiger partial charge in [0.1, 0.15) is 0 Å². The first-order valence-corrected chi connectivity index (χ1v) is 5.84. The summed E-state index contributed by atoms with van der Waals surface area (Å²) in [5.41, 5.74) is 4.76. The second-order valence-electron chi connectivity index (χ2n) is 4.41. The quantitative estimate of drug-likeness (QED) is 0.532. The average Bonchev–Trinajstić information content (AvgIpc) is 2.56. The second kappa shape index (κ2) is 5.74. The monoisotopic (exact) mass is 258 g/mol.